The van der Waals surface area contributed by atoms with Crippen LogP contribution in [0.3, 0.4) is 0 Å². The molecule has 1 N–H and O–H groups in total. The van der Waals surface area contributed by atoms with E-state index in [2.05, 4.69) is 25.0 Å². The number of rotatable bonds is 5. The smallest absolute Gasteiger partial charge is 0.278 e. The van der Waals surface area contributed by atoms with Crippen LogP contribution in [0, 0.1) is 13.8 Å². The van der Waals surface area contributed by atoms with Crippen molar-refractivity contribution in [1.29, 1.82) is 0 Å². The molecular weight excluding hydrogens is 403 g/mol. The van der Waals surface area contributed by atoms with E-state index in [1.165, 1.54) is 25.0 Å². The summed E-state index contributed by atoms with van der Waals surface area (Å²) in [6.07, 6.45) is 4.72. The number of nitrogens with one attached hydrogen (secondary N) is 1. The van der Waals surface area contributed by atoms with Gasteiger partial charge in [0, 0.05) is 24.5 Å². The van der Waals surface area contributed by atoms with Gasteiger partial charge >= 0.3 is 51.4 Å². The number of benzene rings is 1. The van der Waals surface area contributed by atoms with Gasteiger partial charge in [0.1, 0.15) is 0 Å². The second-order valence-electron chi connectivity index (χ2n) is 6.63. The molecule has 0 saturated carbocycles. The zero-order valence-corrected chi connectivity index (χ0v) is 20.5. The Bertz CT molecular complexity index is 890. The van der Waals surface area contributed by atoms with Crippen LogP contribution in [-0.4, -0.2) is 36.5 Å². The largest absolute Gasteiger partial charge is 1.00 e. The van der Waals surface area contributed by atoms with Crippen LogP contribution in [0.15, 0.2) is 45.6 Å². The molecule has 1 saturated heterocycles. The van der Waals surface area contributed by atoms with E-state index in [9.17, 15) is 8.42 Å². The minimum atomic E-state index is -3.76. The van der Waals surface area contributed by atoms with Crippen molar-refractivity contribution in [2.45, 2.75) is 44.4 Å². The number of hydrogen-bond donors (Lipinski definition) is 1. The summed E-state index contributed by atoms with van der Waals surface area (Å²) in [7, 11) is -3.76. The van der Waals surface area contributed by atoms with Gasteiger partial charge in [-0.3, -0.25) is 5.01 Å². The fourth-order valence-electron chi connectivity index (χ4n) is 2.90. The Balaban J connectivity index is 0.00000280. The first-order valence-electron chi connectivity index (χ1n) is 9.04. The second-order valence-corrected chi connectivity index (χ2v) is 8.31. The summed E-state index contributed by atoms with van der Waals surface area (Å²) in [5, 5.41) is 10.4. The van der Waals surface area contributed by atoms with E-state index in [4.69, 9.17) is 0 Å². The van der Waals surface area contributed by atoms with E-state index in [0.717, 1.165) is 25.9 Å². The van der Waals surface area contributed by atoms with E-state index in [1.807, 2.05) is 5.01 Å². The third-order valence-electron chi connectivity index (χ3n) is 4.22. The first kappa shape index (κ1) is 23.4. The van der Waals surface area contributed by atoms with Crippen LogP contribution in [-0.2, 0) is 10.0 Å². The Labute approximate surface area is 208 Å². The van der Waals surface area contributed by atoms with Crippen LogP contribution in [0.5, 0.6) is 0 Å². The van der Waals surface area contributed by atoms with Gasteiger partial charge in [0.05, 0.1) is 10.6 Å². The molecule has 10 heteroatoms. The Morgan fingerprint density at radius 3 is 2.11 bits per heavy atom. The van der Waals surface area contributed by atoms with Crippen molar-refractivity contribution in [3.05, 3.63) is 41.7 Å². The topological polar surface area (TPSA) is 99.9 Å². The maximum atomic E-state index is 12.5. The maximum Gasteiger partial charge on any atom is 1.00 e. The van der Waals surface area contributed by atoms with Gasteiger partial charge in [0.25, 0.3) is 10.0 Å². The number of sulfonamides is 1. The number of hydrogen-bond acceptors (Lipinski definition) is 6. The predicted octanol–water partition coefficient (Wildman–Crippen LogP) is 0.773. The molecule has 8 nitrogen and oxygen atoms in total. The minimum Gasteiger partial charge on any atom is -0.278 e. The average molecular weight is 428 g/mol. The molecule has 1 fully saturated rings. The van der Waals surface area contributed by atoms with E-state index in [1.54, 1.807) is 32.0 Å². The van der Waals surface area contributed by atoms with Crippen molar-refractivity contribution in [3.8, 4) is 0 Å². The molecule has 0 aliphatic carbocycles. The summed E-state index contributed by atoms with van der Waals surface area (Å²) < 4.78 is 27.5. The Morgan fingerprint density at radius 1 is 0.964 bits per heavy atom. The van der Waals surface area contributed by atoms with Gasteiger partial charge in [-0.1, -0.05) is 18.1 Å². The van der Waals surface area contributed by atoms with Crippen LogP contribution in [0.2, 0.25) is 0 Å². The maximum absolute atomic E-state index is 12.5. The van der Waals surface area contributed by atoms with Crippen LogP contribution < -0.4 is 56.1 Å². The fraction of sp³-hybridized carbons (Fsp3) is 0.444. The quantitative estimate of drug-likeness (QED) is 0.561. The van der Waals surface area contributed by atoms with E-state index >= 15 is 0 Å². The van der Waals surface area contributed by atoms with Crippen LogP contribution in [0.1, 0.15) is 37.1 Å². The SMILES string of the molecule is Cc1cc(C)nc(NS(=O)(=O)c2ccc(N=NN3CCCCCC3)cc2)n1.[K+]. The zero-order valence-electron chi connectivity index (χ0n) is 16.6. The molecule has 0 unspecified atom stereocenters. The third-order valence-corrected chi connectivity index (χ3v) is 5.57. The van der Waals surface area contributed by atoms with E-state index < -0.39 is 10.0 Å². The monoisotopic (exact) mass is 427 g/mol. The van der Waals surface area contributed by atoms with Gasteiger partial charge in [-0.05, 0) is 57.0 Å². The first-order valence-corrected chi connectivity index (χ1v) is 10.5. The van der Waals surface area contributed by atoms with Crippen molar-refractivity contribution in [2.24, 2.45) is 10.3 Å². The minimum absolute atomic E-state index is 0. The number of aromatic nitrogens is 2. The number of aryl methyl sites for hydroxylation is 2. The van der Waals surface area contributed by atoms with Gasteiger partial charge in [0.15, 0.2) is 0 Å². The summed E-state index contributed by atoms with van der Waals surface area (Å²) in [4.78, 5) is 8.35. The molecule has 0 radical (unpaired) electrons. The van der Waals surface area contributed by atoms with Gasteiger partial charge in [0.2, 0.25) is 5.95 Å². The number of anilines is 1. The normalized spacial score (nSPS) is 15.1. The molecule has 1 aromatic heterocycles. The number of nitrogens with zero attached hydrogens (tertiary/aromatic N) is 5. The van der Waals surface area contributed by atoms with Crippen molar-refractivity contribution in [1.82, 2.24) is 15.0 Å². The van der Waals surface area contributed by atoms with Gasteiger partial charge in [-0.25, -0.2) is 23.1 Å². The van der Waals surface area contributed by atoms with Gasteiger partial charge < -0.3 is 0 Å². The summed E-state index contributed by atoms with van der Waals surface area (Å²) >= 11 is 0. The molecule has 1 aromatic carbocycles. The van der Waals surface area contributed by atoms with Crippen molar-refractivity contribution in [3.63, 3.8) is 0 Å². The Hall–Kier alpha value is -0.914. The van der Waals surface area contributed by atoms with E-state index in [-0.39, 0.29) is 62.2 Å². The molecule has 1 aliphatic rings. The van der Waals surface area contributed by atoms with Crippen molar-refractivity contribution < 1.29 is 59.8 Å². The standard InChI is InChI=1S/C18H24N6O2S.K/c1-14-13-15(2)20-18(19-14)22-27(25,26)17-9-7-16(8-10-17)21-23-24-11-5-3-4-6-12-24;/h7-10,13H,3-6,11-12H2,1-2H3,(H,19,20,22);/q;+1. The van der Waals surface area contributed by atoms with E-state index in [0.29, 0.717) is 17.1 Å². The van der Waals surface area contributed by atoms with Crippen LogP contribution >= 0.6 is 0 Å². The molecule has 1 aliphatic heterocycles. The molecule has 144 valence electrons. The van der Waals surface area contributed by atoms with Crippen LogP contribution in [0.4, 0.5) is 11.6 Å². The van der Waals surface area contributed by atoms with Gasteiger partial charge in [-0.2, -0.15) is 0 Å². The Morgan fingerprint density at radius 2 is 1.54 bits per heavy atom. The Kier molecular flexibility index (Phi) is 8.97. The molecule has 2 aromatic rings. The predicted molar refractivity (Wildman–Crippen MR) is 103 cm³/mol. The summed E-state index contributed by atoms with van der Waals surface area (Å²) in [5.41, 5.74) is 2.01. The third kappa shape index (κ3) is 6.85. The molecule has 0 amide bonds. The first-order chi connectivity index (χ1) is 12.9. The fourth-order valence-corrected chi connectivity index (χ4v) is 3.84. The van der Waals surface area contributed by atoms with Crippen LogP contribution in [0.25, 0.3) is 0 Å². The molecule has 0 atom stereocenters. The van der Waals surface area contributed by atoms with Gasteiger partial charge in [-0.15, -0.1) is 5.11 Å². The summed E-state index contributed by atoms with van der Waals surface area (Å²) in [5.74, 6) is 0.0671. The zero-order chi connectivity index (χ0) is 19.3. The molecular formula is C18H24KN6O2S+. The molecule has 0 bridgehead atoms. The summed E-state index contributed by atoms with van der Waals surface area (Å²) in [6.45, 7) is 5.40. The van der Waals surface area contributed by atoms with Crippen molar-refractivity contribution >= 4 is 21.7 Å². The second kappa shape index (κ2) is 10.7. The summed E-state index contributed by atoms with van der Waals surface area (Å²) in [6, 6.07) is 8.06. The molecule has 28 heavy (non-hydrogen) atoms. The molecule has 0 spiro atoms. The molecule has 3 rings (SSSR count). The van der Waals surface area contributed by atoms with Crippen molar-refractivity contribution in [2.75, 3.05) is 17.8 Å². The average Bonchev–Trinajstić information content (AvgIpc) is 2.88. The molecule has 2 heterocycles.